The fourth-order valence-electron chi connectivity index (χ4n) is 1.15. The lowest BCUT2D eigenvalue weighted by Crippen LogP contribution is -1.94. The summed E-state index contributed by atoms with van der Waals surface area (Å²) in [4.78, 5) is 8.94. The lowest BCUT2D eigenvalue weighted by Gasteiger charge is -2.01. The molecular weight excluding hydrogens is 305 g/mol. The average molecular weight is 322 g/mol. The Hall–Kier alpha value is -1.44. The first kappa shape index (κ1) is 17.6. The standard InChI is InChI=1S/C13H17F3N2O2S/c1-9(2)3-5-19-18-8-10-7-17-13(20-10)21-6-4-11(14)12(15)16/h7-9H,3-6H2,1-2H3/b18-8-. The molecule has 0 aliphatic heterocycles. The Morgan fingerprint density at radius 2 is 2.24 bits per heavy atom. The zero-order valence-electron chi connectivity index (χ0n) is 11.8. The second-order valence-corrected chi connectivity index (χ2v) is 5.59. The van der Waals surface area contributed by atoms with E-state index in [9.17, 15) is 13.2 Å². The molecule has 0 N–H and O–H groups in total. The van der Waals surface area contributed by atoms with Gasteiger partial charge in [0.15, 0.2) is 11.6 Å². The summed E-state index contributed by atoms with van der Waals surface area (Å²) in [5.41, 5.74) is 0. The summed E-state index contributed by atoms with van der Waals surface area (Å²) in [6.07, 6.45) is 1.06. The highest BCUT2D eigenvalue weighted by Crippen LogP contribution is 2.22. The van der Waals surface area contributed by atoms with Gasteiger partial charge in [0.25, 0.3) is 5.22 Å². The van der Waals surface area contributed by atoms with Crippen LogP contribution in [-0.2, 0) is 4.84 Å². The zero-order chi connectivity index (χ0) is 15.7. The summed E-state index contributed by atoms with van der Waals surface area (Å²) in [5.74, 6) is -0.369. The largest absolute Gasteiger partial charge is 0.430 e. The Kier molecular flexibility index (Phi) is 7.96. The molecule has 4 nitrogen and oxygen atoms in total. The maximum Gasteiger partial charge on any atom is 0.301 e. The second kappa shape index (κ2) is 9.49. The van der Waals surface area contributed by atoms with Crippen LogP contribution >= 0.6 is 11.8 Å². The Morgan fingerprint density at radius 1 is 1.48 bits per heavy atom. The Morgan fingerprint density at radius 3 is 2.90 bits per heavy atom. The van der Waals surface area contributed by atoms with Gasteiger partial charge in [0.05, 0.1) is 6.20 Å². The van der Waals surface area contributed by atoms with Crippen LogP contribution in [0.15, 0.2) is 32.9 Å². The topological polar surface area (TPSA) is 47.6 Å². The summed E-state index contributed by atoms with van der Waals surface area (Å²) < 4.78 is 41.5. The van der Waals surface area contributed by atoms with Gasteiger partial charge in [0.2, 0.25) is 0 Å². The van der Waals surface area contributed by atoms with Crippen molar-refractivity contribution in [1.82, 2.24) is 4.98 Å². The number of thioether (sulfide) groups is 1. The van der Waals surface area contributed by atoms with Crippen molar-refractivity contribution < 1.29 is 22.4 Å². The molecule has 1 aromatic heterocycles. The highest BCUT2D eigenvalue weighted by molar-refractivity contribution is 7.99. The van der Waals surface area contributed by atoms with Gasteiger partial charge < -0.3 is 9.25 Å². The molecule has 118 valence electrons. The van der Waals surface area contributed by atoms with Crippen molar-refractivity contribution in [3.05, 3.63) is 23.9 Å². The van der Waals surface area contributed by atoms with E-state index in [0.717, 1.165) is 18.2 Å². The predicted octanol–water partition coefficient (Wildman–Crippen LogP) is 4.63. The number of halogens is 3. The van der Waals surface area contributed by atoms with Crippen molar-refractivity contribution >= 4 is 18.0 Å². The second-order valence-electron chi connectivity index (χ2n) is 4.54. The fraction of sp³-hybridized carbons (Fsp3) is 0.538. The van der Waals surface area contributed by atoms with Gasteiger partial charge in [-0.05, 0) is 12.3 Å². The number of hydrogen-bond donors (Lipinski definition) is 0. The van der Waals surface area contributed by atoms with Gasteiger partial charge in [0.1, 0.15) is 12.8 Å². The molecule has 0 bridgehead atoms. The van der Waals surface area contributed by atoms with Crippen molar-refractivity contribution in [2.75, 3.05) is 12.4 Å². The summed E-state index contributed by atoms with van der Waals surface area (Å²) >= 11 is 1.05. The van der Waals surface area contributed by atoms with Crippen molar-refractivity contribution in [1.29, 1.82) is 0 Å². The van der Waals surface area contributed by atoms with Crippen LogP contribution in [-0.4, -0.2) is 23.6 Å². The number of rotatable bonds is 9. The smallest absolute Gasteiger partial charge is 0.301 e. The van der Waals surface area contributed by atoms with E-state index in [1.54, 1.807) is 0 Å². The van der Waals surface area contributed by atoms with Crippen molar-refractivity contribution in [2.45, 2.75) is 31.9 Å². The van der Waals surface area contributed by atoms with Crippen LogP contribution in [0.4, 0.5) is 13.2 Å². The van der Waals surface area contributed by atoms with E-state index >= 15 is 0 Å². The van der Waals surface area contributed by atoms with Gasteiger partial charge in [-0.25, -0.2) is 9.37 Å². The average Bonchev–Trinajstić information content (AvgIpc) is 2.85. The van der Waals surface area contributed by atoms with Crippen molar-refractivity contribution in [3.63, 3.8) is 0 Å². The number of oxime groups is 1. The van der Waals surface area contributed by atoms with Crippen LogP contribution < -0.4 is 0 Å². The van der Waals surface area contributed by atoms with Crippen LogP contribution in [0.3, 0.4) is 0 Å². The molecule has 0 aromatic carbocycles. The van der Waals surface area contributed by atoms with Crippen molar-refractivity contribution in [2.24, 2.45) is 11.1 Å². The van der Waals surface area contributed by atoms with E-state index in [-0.39, 0.29) is 17.4 Å². The van der Waals surface area contributed by atoms with Gasteiger partial charge in [-0.3, -0.25) is 0 Å². The molecule has 0 aliphatic carbocycles. The van der Waals surface area contributed by atoms with E-state index < -0.39 is 11.9 Å². The third-order valence-corrected chi connectivity index (χ3v) is 3.14. The van der Waals surface area contributed by atoms with Crippen LogP contribution in [0, 0.1) is 5.92 Å². The quantitative estimate of drug-likeness (QED) is 0.288. The monoisotopic (exact) mass is 322 g/mol. The molecule has 0 spiro atoms. The third-order valence-electron chi connectivity index (χ3n) is 2.30. The number of oxazole rings is 1. The zero-order valence-corrected chi connectivity index (χ0v) is 12.6. The molecule has 0 aliphatic rings. The minimum Gasteiger partial charge on any atom is -0.430 e. The van der Waals surface area contributed by atoms with Crippen molar-refractivity contribution in [3.8, 4) is 0 Å². The van der Waals surface area contributed by atoms with E-state index in [1.807, 2.05) is 0 Å². The Labute approximate surface area is 125 Å². The van der Waals surface area contributed by atoms with Gasteiger partial charge in [0, 0.05) is 12.2 Å². The molecule has 0 saturated heterocycles. The lowest BCUT2D eigenvalue weighted by atomic mass is 10.1. The Bertz CT molecular complexity index is 486. The van der Waals surface area contributed by atoms with E-state index in [1.165, 1.54) is 12.4 Å². The summed E-state index contributed by atoms with van der Waals surface area (Å²) in [6, 6.07) is 0. The molecule has 21 heavy (non-hydrogen) atoms. The maximum atomic E-state index is 12.6. The minimum absolute atomic E-state index is 0.116. The molecule has 0 saturated carbocycles. The highest BCUT2D eigenvalue weighted by Gasteiger charge is 2.07. The number of aromatic nitrogens is 1. The molecule has 0 atom stereocenters. The van der Waals surface area contributed by atoms with Gasteiger partial charge in [-0.1, -0.05) is 30.8 Å². The number of allylic oxidation sites excluding steroid dienone is 1. The number of hydrogen-bond acceptors (Lipinski definition) is 5. The Balaban J connectivity index is 2.29. The van der Waals surface area contributed by atoms with Gasteiger partial charge >= 0.3 is 6.08 Å². The fourth-order valence-corrected chi connectivity index (χ4v) is 1.89. The minimum atomic E-state index is -2.28. The first-order valence-corrected chi connectivity index (χ1v) is 7.41. The first-order valence-electron chi connectivity index (χ1n) is 6.42. The molecule has 0 amide bonds. The van der Waals surface area contributed by atoms with E-state index in [0.29, 0.717) is 18.3 Å². The van der Waals surface area contributed by atoms with Gasteiger partial charge in [-0.2, -0.15) is 8.78 Å². The summed E-state index contributed by atoms with van der Waals surface area (Å²) in [5, 5.41) is 3.99. The third kappa shape index (κ3) is 7.79. The molecule has 0 unspecified atom stereocenters. The summed E-state index contributed by atoms with van der Waals surface area (Å²) in [7, 11) is 0. The molecular formula is C13H17F3N2O2S. The maximum absolute atomic E-state index is 12.6. The summed E-state index contributed by atoms with van der Waals surface area (Å²) in [6.45, 7) is 4.68. The van der Waals surface area contributed by atoms with Gasteiger partial charge in [-0.15, -0.1) is 0 Å². The molecule has 8 heteroatoms. The predicted molar refractivity (Wildman–Crippen MR) is 75.2 cm³/mol. The number of nitrogens with zero attached hydrogens (tertiary/aromatic N) is 2. The van der Waals surface area contributed by atoms with Crippen LogP contribution in [0.5, 0.6) is 0 Å². The first-order chi connectivity index (χ1) is 9.99. The molecule has 0 radical (unpaired) electrons. The normalized spacial score (nSPS) is 11.3. The van der Waals surface area contributed by atoms with Crippen LogP contribution in [0.25, 0.3) is 0 Å². The van der Waals surface area contributed by atoms with Crippen LogP contribution in [0.1, 0.15) is 32.4 Å². The van der Waals surface area contributed by atoms with E-state index in [2.05, 4.69) is 24.0 Å². The van der Waals surface area contributed by atoms with E-state index in [4.69, 9.17) is 9.25 Å². The highest BCUT2D eigenvalue weighted by atomic mass is 32.2. The lowest BCUT2D eigenvalue weighted by molar-refractivity contribution is 0.134. The molecule has 1 rings (SSSR count). The molecule has 0 fully saturated rings. The van der Waals surface area contributed by atoms with Crippen LogP contribution in [0.2, 0.25) is 0 Å². The molecule has 1 aromatic rings. The molecule has 1 heterocycles. The SMILES string of the molecule is CC(C)CCO/N=C\c1cnc(SCCC(F)=C(F)F)o1.